The van der Waals surface area contributed by atoms with Gasteiger partial charge in [-0.1, -0.05) is 50.6 Å². The van der Waals surface area contributed by atoms with Crippen molar-refractivity contribution in [3.05, 3.63) is 76.9 Å². The summed E-state index contributed by atoms with van der Waals surface area (Å²) < 4.78 is 5.27. The van der Waals surface area contributed by atoms with Crippen LogP contribution >= 0.6 is 11.6 Å². The lowest BCUT2D eigenvalue weighted by Gasteiger charge is -2.17. The minimum atomic E-state index is -0.175. The molecule has 5 nitrogen and oxygen atoms in total. The fourth-order valence-corrected chi connectivity index (χ4v) is 4.08. The van der Waals surface area contributed by atoms with Gasteiger partial charge in [0.15, 0.2) is 17.3 Å². The minimum Gasteiger partial charge on any atom is -0.503 e. The highest BCUT2D eigenvalue weighted by molar-refractivity contribution is 6.32. The monoisotopic (exact) mass is 474 g/mol. The quantitative estimate of drug-likeness (QED) is 0.273. The number of hydrogen-bond donors (Lipinski definition) is 2. The van der Waals surface area contributed by atoms with E-state index in [1.807, 2.05) is 44.2 Å². The number of carbonyl (C=O) groups is 1. The van der Waals surface area contributed by atoms with Gasteiger partial charge >= 0.3 is 0 Å². The second-order valence-corrected chi connectivity index (χ2v) is 8.89. The van der Waals surface area contributed by atoms with Crippen LogP contribution in [0.4, 0.5) is 11.4 Å². The number of carbonyl (C=O) groups excluding carboxylic acids is 1. The maximum Gasteiger partial charge on any atom is 0.176 e. The number of hydrogen-bond acceptors (Lipinski definition) is 5. The Hall–Kier alpha value is -3.57. The van der Waals surface area contributed by atoms with Crippen LogP contribution in [0.25, 0.3) is 22.0 Å². The number of ether oxygens (including phenoxy) is 1. The van der Waals surface area contributed by atoms with Gasteiger partial charge in [-0.05, 0) is 59.5 Å². The molecule has 0 aliphatic heterocycles. The molecule has 0 aliphatic carbocycles. The lowest BCUT2D eigenvalue weighted by Crippen LogP contribution is -2.11. The molecule has 0 saturated heterocycles. The Morgan fingerprint density at radius 3 is 2.47 bits per heavy atom. The summed E-state index contributed by atoms with van der Waals surface area (Å²) in [6.07, 6.45) is 2.60. The first-order chi connectivity index (χ1) is 16.3. The van der Waals surface area contributed by atoms with Crippen molar-refractivity contribution in [2.75, 3.05) is 12.4 Å². The topological polar surface area (TPSA) is 71.5 Å². The molecule has 34 heavy (non-hydrogen) atoms. The molecule has 0 spiro atoms. The molecule has 6 heteroatoms. The van der Waals surface area contributed by atoms with Crippen LogP contribution in [0.1, 0.15) is 36.7 Å². The molecule has 0 bridgehead atoms. The van der Waals surface area contributed by atoms with E-state index in [0.29, 0.717) is 17.0 Å². The second kappa shape index (κ2) is 9.74. The highest BCUT2D eigenvalue weighted by atomic mass is 35.5. The molecule has 1 aromatic heterocycles. The fraction of sp³-hybridized carbons (Fsp3) is 0.214. The first-order valence-electron chi connectivity index (χ1n) is 11.2. The molecule has 4 rings (SSSR count). The number of Topliss-reactive ketones (excluding diaryl/α,β-unsaturated/α-hetero) is 1. The summed E-state index contributed by atoms with van der Waals surface area (Å²) in [6.45, 7) is 5.88. The number of halogens is 1. The number of pyridine rings is 1. The van der Waals surface area contributed by atoms with E-state index < -0.39 is 0 Å². The smallest absolute Gasteiger partial charge is 0.176 e. The Kier molecular flexibility index (Phi) is 6.75. The zero-order chi connectivity index (χ0) is 24.4. The van der Waals surface area contributed by atoms with Gasteiger partial charge < -0.3 is 15.2 Å². The Morgan fingerprint density at radius 2 is 1.82 bits per heavy atom. The van der Waals surface area contributed by atoms with Crippen molar-refractivity contribution in [2.45, 2.75) is 27.2 Å². The largest absolute Gasteiger partial charge is 0.503 e. The third-order valence-corrected chi connectivity index (χ3v) is 6.16. The molecule has 0 amide bonds. The number of nitrogens with zero attached hydrogens (tertiary/aromatic N) is 1. The molecule has 0 saturated carbocycles. The van der Waals surface area contributed by atoms with E-state index in [9.17, 15) is 9.90 Å². The van der Waals surface area contributed by atoms with Gasteiger partial charge in [0.2, 0.25) is 0 Å². The van der Waals surface area contributed by atoms with E-state index in [4.69, 9.17) is 16.3 Å². The van der Waals surface area contributed by atoms with Crippen LogP contribution in [0.2, 0.25) is 5.02 Å². The van der Waals surface area contributed by atoms with Crippen LogP contribution in [-0.4, -0.2) is 23.0 Å². The Labute approximate surface area is 204 Å². The van der Waals surface area contributed by atoms with E-state index in [-0.39, 0.29) is 22.5 Å². The molecule has 0 aliphatic rings. The molecule has 0 atom stereocenters. The van der Waals surface area contributed by atoms with Gasteiger partial charge in [-0.3, -0.25) is 9.78 Å². The van der Waals surface area contributed by atoms with E-state index >= 15 is 0 Å². The number of ketones is 1. The maximum absolute atomic E-state index is 13.1. The molecule has 0 fully saturated rings. The summed E-state index contributed by atoms with van der Waals surface area (Å²) in [6, 6.07) is 17.4. The lowest BCUT2D eigenvalue weighted by molar-refractivity contribution is 0.0940. The zero-order valence-corrected chi connectivity index (χ0v) is 20.4. The number of rotatable bonds is 7. The Bertz CT molecular complexity index is 1360. The van der Waals surface area contributed by atoms with Gasteiger partial charge in [0.05, 0.1) is 28.9 Å². The molecule has 4 aromatic rings. The minimum absolute atomic E-state index is 0.0156. The van der Waals surface area contributed by atoms with Crippen molar-refractivity contribution < 1.29 is 14.6 Å². The third-order valence-electron chi connectivity index (χ3n) is 5.87. The van der Waals surface area contributed by atoms with E-state index in [1.165, 1.54) is 12.7 Å². The number of benzene rings is 3. The van der Waals surface area contributed by atoms with E-state index in [0.717, 1.165) is 34.1 Å². The van der Waals surface area contributed by atoms with E-state index in [1.54, 1.807) is 18.3 Å². The number of aromatic nitrogens is 1. The molecule has 0 unspecified atom stereocenters. The van der Waals surface area contributed by atoms with Crippen molar-refractivity contribution in [3.63, 3.8) is 0 Å². The molecule has 1 heterocycles. The van der Waals surface area contributed by atoms with Crippen LogP contribution in [-0.2, 0) is 6.42 Å². The number of nitrogens with one attached hydrogen (secondary N) is 1. The van der Waals surface area contributed by atoms with E-state index in [2.05, 4.69) is 29.4 Å². The highest BCUT2D eigenvalue weighted by Gasteiger charge is 2.19. The molecule has 0 radical (unpaired) electrons. The van der Waals surface area contributed by atoms with Crippen LogP contribution in [0.15, 0.2) is 60.8 Å². The summed E-state index contributed by atoms with van der Waals surface area (Å²) in [5.74, 6) is 0.0318. The predicted octanol–water partition coefficient (Wildman–Crippen LogP) is 7.41. The fourth-order valence-electron chi connectivity index (χ4n) is 3.87. The van der Waals surface area contributed by atoms with Crippen molar-refractivity contribution >= 4 is 39.7 Å². The molecule has 174 valence electrons. The number of phenolic OH excluding ortho intramolecular Hbond substituents is 1. The van der Waals surface area contributed by atoms with Gasteiger partial charge in [0.1, 0.15) is 0 Å². The Morgan fingerprint density at radius 1 is 1.09 bits per heavy atom. The molecule has 3 aromatic carbocycles. The van der Waals surface area contributed by atoms with Crippen molar-refractivity contribution in [3.8, 4) is 22.6 Å². The third kappa shape index (κ3) is 4.57. The summed E-state index contributed by atoms with van der Waals surface area (Å²) in [7, 11) is 1.48. The molecular formula is C28H27ClN2O3. The number of methoxy groups -OCH3 is 1. The summed E-state index contributed by atoms with van der Waals surface area (Å²) in [4.78, 5) is 17.6. The molecule has 2 N–H and O–H groups in total. The number of phenols is 1. The van der Waals surface area contributed by atoms with Crippen molar-refractivity contribution in [1.29, 1.82) is 0 Å². The number of fused-ring (bicyclic) bond motifs is 1. The van der Waals surface area contributed by atoms with Crippen molar-refractivity contribution in [2.24, 2.45) is 5.92 Å². The van der Waals surface area contributed by atoms with Crippen LogP contribution < -0.4 is 10.1 Å². The number of aryl methyl sites for hydroxylation is 1. The summed E-state index contributed by atoms with van der Waals surface area (Å²) >= 11 is 6.23. The normalized spacial score (nSPS) is 11.1. The average Bonchev–Trinajstić information content (AvgIpc) is 2.85. The maximum atomic E-state index is 13.1. The first kappa shape index (κ1) is 23.6. The van der Waals surface area contributed by atoms with Gasteiger partial charge in [-0.25, -0.2) is 0 Å². The standard InChI is InChI=1S/C28H27ClN2O3/c1-5-17-6-9-20(10-7-17)31-26-21-12-18(19-13-23(29)28(33)25(14-19)34-4)8-11-24(21)30-15-22(26)27(32)16(2)3/h6-16,33H,5H2,1-4H3,(H,30,31). The van der Waals surface area contributed by atoms with Gasteiger partial charge in [0.25, 0.3) is 0 Å². The first-order valence-corrected chi connectivity index (χ1v) is 11.6. The predicted molar refractivity (Wildman–Crippen MR) is 139 cm³/mol. The number of aromatic hydroxyl groups is 1. The summed E-state index contributed by atoms with van der Waals surface area (Å²) in [5, 5.41) is 14.6. The molecular weight excluding hydrogens is 448 g/mol. The van der Waals surface area contributed by atoms with Gasteiger partial charge in [-0.2, -0.15) is 0 Å². The van der Waals surface area contributed by atoms with Crippen molar-refractivity contribution in [1.82, 2.24) is 4.98 Å². The second-order valence-electron chi connectivity index (χ2n) is 8.48. The summed E-state index contributed by atoms with van der Waals surface area (Å²) in [5.41, 5.74) is 5.78. The lowest BCUT2D eigenvalue weighted by atomic mass is 9.96. The average molecular weight is 475 g/mol. The number of anilines is 2. The zero-order valence-electron chi connectivity index (χ0n) is 19.6. The van der Waals surface area contributed by atoms with Crippen LogP contribution in [0, 0.1) is 5.92 Å². The Balaban J connectivity index is 1.91. The SMILES string of the molecule is CCc1ccc(Nc2c(C(=O)C(C)C)cnc3ccc(-c4cc(Cl)c(O)c(OC)c4)cc23)cc1. The van der Waals surface area contributed by atoms with Gasteiger partial charge in [0, 0.05) is 23.2 Å². The highest BCUT2D eigenvalue weighted by Crippen LogP contribution is 2.40. The van der Waals surface area contributed by atoms with Gasteiger partial charge in [-0.15, -0.1) is 0 Å². The van der Waals surface area contributed by atoms with Crippen LogP contribution in [0.3, 0.4) is 0 Å². The van der Waals surface area contributed by atoms with Crippen LogP contribution in [0.5, 0.6) is 11.5 Å².